The molecule has 3 heterocycles. The van der Waals surface area contributed by atoms with Crippen LogP contribution in [0.15, 0.2) is 18.6 Å². The molecule has 2 N–H and O–H groups in total. The minimum atomic E-state index is -0.391. The lowest BCUT2D eigenvalue weighted by molar-refractivity contribution is 0.0842. The molecule has 1 saturated heterocycles. The zero-order valence-electron chi connectivity index (χ0n) is 13.2. The molecule has 2 aromatic rings. The molecule has 0 radical (unpaired) electrons. The monoisotopic (exact) mass is 304 g/mol. The van der Waals surface area contributed by atoms with Crippen LogP contribution in [0.4, 0.5) is 5.82 Å². The highest BCUT2D eigenvalue weighted by atomic mass is 16.3. The number of fused-ring (bicyclic) bond motifs is 1. The molecule has 0 aromatic carbocycles. The van der Waals surface area contributed by atoms with Gasteiger partial charge >= 0.3 is 0 Å². The highest BCUT2D eigenvalue weighted by molar-refractivity contribution is 5.87. The molecular weight excluding hydrogens is 280 g/mol. The molecule has 1 aliphatic heterocycles. The first kappa shape index (κ1) is 15.2. The Morgan fingerprint density at radius 3 is 2.86 bits per heavy atom. The van der Waals surface area contributed by atoms with E-state index >= 15 is 0 Å². The van der Waals surface area contributed by atoms with Crippen LogP contribution in [-0.2, 0) is 0 Å². The summed E-state index contributed by atoms with van der Waals surface area (Å²) in [6.45, 7) is 5.44. The lowest BCUT2D eigenvalue weighted by Crippen LogP contribution is -2.48. The van der Waals surface area contributed by atoms with E-state index in [1.165, 1.54) is 0 Å². The molecule has 0 spiro atoms. The summed E-state index contributed by atoms with van der Waals surface area (Å²) in [4.78, 5) is 18.3. The fourth-order valence-corrected chi connectivity index (χ4v) is 2.95. The number of nitrogens with zero attached hydrogens (tertiary/aromatic N) is 5. The van der Waals surface area contributed by atoms with Gasteiger partial charge in [-0.05, 0) is 13.1 Å². The van der Waals surface area contributed by atoms with Crippen LogP contribution in [0.1, 0.15) is 0 Å². The summed E-state index contributed by atoms with van der Waals surface area (Å²) in [6.07, 6.45) is 3.02. The van der Waals surface area contributed by atoms with Gasteiger partial charge in [0, 0.05) is 52.5 Å². The number of aromatic nitrogens is 3. The zero-order valence-corrected chi connectivity index (χ0v) is 13.2. The minimum Gasteiger partial charge on any atom is -0.390 e. The van der Waals surface area contributed by atoms with Gasteiger partial charge in [0.2, 0.25) is 0 Å². The van der Waals surface area contributed by atoms with Crippen molar-refractivity contribution >= 4 is 16.9 Å². The van der Waals surface area contributed by atoms with E-state index < -0.39 is 6.10 Å². The van der Waals surface area contributed by atoms with Crippen molar-refractivity contribution < 1.29 is 5.11 Å². The van der Waals surface area contributed by atoms with Crippen LogP contribution in [0.2, 0.25) is 0 Å². The highest BCUT2D eigenvalue weighted by Crippen LogP contribution is 2.20. The van der Waals surface area contributed by atoms with Crippen molar-refractivity contribution in [2.45, 2.75) is 6.10 Å². The molecule has 0 amide bonds. The molecule has 2 aromatic heterocycles. The van der Waals surface area contributed by atoms with E-state index in [1.807, 2.05) is 24.2 Å². The number of hydrogen-bond donors (Lipinski definition) is 2. The van der Waals surface area contributed by atoms with Crippen molar-refractivity contribution in [3.8, 4) is 0 Å². The zero-order chi connectivity index (χ0) is 15.5. The van der Waals surface area contributed by atoms with E-state index in [1.54, 1.807) is 6.33 Å². The van der Waals surface area contributed by atoms with Crippen LogP contribution >= 0.6 is 0 Å². The van der Waals surface area contributed by atoms with Crippen LogP contribution in [0.25, 0.3) is 11.0 Å². The maximum absolute atomic E-state index is 10.4. The van der Waals surface area contributed by atoms with Crippen LogP contribution in [0, 0.1) is 0 Å². The number of likely N-dealkylation sites (N-methyl/N-ethyl adjacent to an activating group) is 2. The van der Waals surface area contributed by atoms with Gasteiger partial charge in [0.1, 0.15) is 17.8 Å². The Morgan fingerprint density at radius 2 is 2.09 bits per heavy atom. The van der Waals surface area contributed by atoms with E-state index in [-0.39, 0.29) is 0 Å². The number of piperazine rings is 1. The van der Waals surface area contributed by atoms with Crippen molar-refractivity contribution in [3.63, 3.8) is 0 Å². The molecule has 0 aliphatic carbocycles. The van der Waals surface area contributed by atoms with Crippen molar-refractivity contribution in [1.29, 1.82) is 0 Å². The van der Waals surface area contributed by atoms with Crippen molar-refractivity contribution in [3.05, 3.63) is 18.6 Å². The SMILES string of the molecule is CN1CCN(C[C@@H](O)CN(C)c2ncnc3[nH]ccc23)CC1. The molecule has 1 fully saturated rings. The van der Waals surface area contributed by atoms with E-state index in [9.17, 15) is 5.11 Å². The normalized spacial score (nSPS) is 18.7. The standard InChI is InChI=1S/C15H24N6O/c1-19-5-7-21(8-6-19)10-12(22)9-20(2)15-13-3-4-16-14(13)17-11-18-15/h3-4,11-12,22H,5-10H2,1-2H3,(H,16,17,18)/t12-/m0/s1. The molecular formula is C15H24N6O. The summed E-state index contributed by atoms with van der Waals surface area (Å²) < 4.78 is 0. The number of rotatable bonds is 5. The molecule has 22 heavy (non-hydrogen) atoms. The quantitative estimate of drug-likeness (QED) is 0.810. The third-order valence-electron chi connectivity index (χ3n) is 4.24. The topological polar surface area (TPSA) is 71.5 Å². The second kappa shape index (κ2) is 6.60. The van der Waals surface area contributed by atoms with Gasteiger partial charge in [-0.3, -0.25) is 4.90 Å². The van der Waals surface area contributed by atoms with Gasteiger partial charge in [-0.1, -0.05) is 0 Å². The van der Waals surface area contributed by atoms with E-state index in [0.29, 0.717) is 13.1 Å². The third kappa shape index (κ3) is 3.37. The molecule has 7 nitrogen and oxygen atoms in total. The smallest absolute Gasteiger partial charge is 0.142 e. The Hall–Kier alpha value is -1.70. The number of aromatic amines is 1. The molecule has 0 saturated carbocycles. The first-order valence-electron chi connectivity index (χ1n) is 7.71. The fourth-order valence-electron chi connectivity index (χ4n) is 2.95. The fraction of sp³-hybridized carbons (Fsp3) is 0.600. The van der Waals surface area contributed by atoms with Crippen molar-refractivity contribution in [1.82, 2.24) is 24.8 Å². The van der Waals surface area contributed by atoms with Crippen LogP contribution in [-0.4, -0.2) is 89.3 Å². The predicted octanol–water partition coefficient (Wildman–Crippen LogP) is 0.00240. The summed E-state index contributed by atoms with van der Waals surface area (Å²) in [7, 11) is 4.10. The molecule has 0 bridgehead atoms. The molecule has 1 atom stereocenters. The lowest BCUT2D eigenvalue weighted by atomic mass is 10.2. The molecule has 3 rings (SSSR count). The minimum absolute atomic E-state index is 0.391. The number of anilines is 1. The molecule has 7 heteroatoms. The van der Waals surface area contributed by atoms with Crippen LogP contribution in [0.5, 0.6) is 0 Å². The molecule has 1 aliphatic rings. The third-order valence-corrected chi connectivity index (χ3v) is 4.24. The summed E-state index contributed by atoms with van der Waals surface area (Å²) in [5.74, 6) is 0.851. The van der Waals surface area contributed by atoms with E-state index in [4.69, 9.17) is 0 Å². The molecule has 0 unspecified atom stereocenters. The molecule has 120 valence electrons. The van der Waals surface area contributed by atoms with Crippen LogP contribution in [0.3, 0.4) is 0 Å². The largest absolute Gasteiger partial charge is 0.390 e. The number of nitrogens with one attached hydrogen (secondary N) is 1. The number of hydrogen-bond acceptors (Lipinski definition) is 6. The Labute approximate surface area is 130 Å². The number of aliphatic hydroxyl groups excluding tert-OH is 1. The predicted molar refractivity (Wildman–Crippen MR) is 87.1 cm³/mol. The Morgan fingerprint density at radius 1 is 1.32 bits per heavy atom. The van der Waals surface area contributed by atoms with Gasteiger partial charge in [-0.2, -0.15) is 0 Å². The summed E-state index contributed by atoms with van der Waals surface area (Å²) >= 11 is 0. The van der Waals surface area contributed by atoms with Crippen molar-refractivity contribution in [2.75, 3.05) is 58.3 Å². The average molecular weight is 304 g/mol. The summed E-state index contributed by atoms with van der Waals surface area (Å²) in [6, 6.07) is 1.97. The maximum atomic E-state index is 10.4. The van der Waals surface area contributed by atoms with Gasteiger partial charge in [0.15, 0.2) is 0 Å². The second-order valence-electron chi connectivity index (χ2n) is 6.08. The van der Waals surface area contributed by atoms with E-state index in [0.717, 1.165) is 43.0 Å². The number of β-amino-alcohol motifs (C(OH)–C–C–N with tert-alkyl or cyclic N) is 1. The second-order valence-corrected chi connectivity index (χ2v) is 6.08. The average Bonchev–Trinajstić information content (AvgIpc) is 2.97. The van der Waals surface area contributed by atoms with Gasteiger partial charge in [0.25, 0.3) is 0 Å². The van der Waals surface area contributed by atoms with Crippen molar-refractivity contribution in [2.24, 2.45) is 0 Å². The Balaban J connectivity index is 1.59. The van der Waals surface area contributed by atoms with E-state index in [2.05, 4.69) is 31.8 Å². The summed E-state index contributed by atoms with van der Waals surface area (Å²) in [5.41, 5.74) is 0.824. The number of aliphatic hydroxyl groups is 1. The first-order valence-corrected chi connectivity index (χ1v) is 7.71. The Kier molecular flexibility index (Phi) is 4.56. The lowest BCUT2D eigenvalue weighted by Gasteiger charge is -2.34. The van der Waals surface area contributed by atoms with Crippen LogP contribution < -0.4 is 4.90 Å². The maximum Gasteiger partial charge on any atom is 0.142 e. The highest BCUT2D eigenvalue weighted by Gasteiger charge is 2.19. The van der Waals surface area contributed by atoms with Gasteiger partial charge in [0.05, 0.1) is 11.5 Å². The van der Waals surface area contributed by atoms with Gasteiger partial charge < -0.3 is 19.9 Å². The number of H-pyrrole nitrogens is 1. The van der Waals surface area contributed by atoms with Gasteiger partial charge in [-0.15, -0.1) is 0 Å². The Bertz CT molecular complexity index is 607. The summed E-state index contributed by atoms with van der Waals surface area (Å²) in [5, 5.41) is 11.4. The van der Waals surface area contributed by atoms with Gasteiger partial charge in [-0.25, -0.2) is 9.97 Å². The first-order chi connectivity index (χ1) is 10.6.